The lowest BCUT2D eigenvalue weighted by molar-refractivity contribution is 0.210. The molecule has 3 aromatic carbocycles. The number of ether oxygens (including phenoxy) is 3. The molecule has 2 aliphatic rings. The van der Waals surface area contributed by atoms with Crippen LogP contribution in [0.5, 0.6) is 17.2 Å². The van der Waals surface area contributed by atoms with Gasteiger partial charge in [0, 0.05) is 48.6 Å². The molecule has 8 nitrogen and oxygen atoms in total. The Hall–Kier alpha value is -3.66. The fraction of sp³-hybridized carbons (Fsp3) is 0.429. The van der Waals surface area contributed by atoms with Gasteiger partial charge in [-0.2, -0.15) is 0 Å². The second-order valence-electron chi connectivity index (χ2n) is 11.7. The highest BCUT2D eigenvalue weighted by Crippen LogP contribution is 2.34. The number of benzene rings is 3. The van der Waals surface area contributed by atoms with Crippen molar-refractivity contribution in [3.8, 4) is 28.5 Å². The molecule has 0 bridgehead atoms. The number of hydrogen-bond donors (Lipinski definition) is 1. The van der Waals surface area contributed by atoms with Crippen LogP contribution in [0.15, 0.2) is 60.7 Å². The molecule has 1 aromatic heterocycles. The Kier molecular flexibility index (Phi) is 11.3. The lowest BCUT2D eigenvalue weighted by Gasteiger charge is -2.32. The second kappa shape index (κ2) is 15.6. The lowest BCUT2D eigenvalue weighted by Crippen LogP contribution is -2.38. The van der Waals surface area contributed by atoms with Gasteiger partial charge in [-0.1, -0.05) is 6.07 Å². The van der Waals surface area contributed by atoms with E-state index in [2.05, 4.69) is 25.3 Å². The van der Waals surface area contributed by atoms with Gasteiger partial charge in [-0.05, 0) is 105 Å². The molecular weight excluding hydrogens is 593 g/mol. The van der Waals surface area contributed by atoms with Crippen molar-refractivity contribution in [2.45, 2.75) is 44.7 Å². The van der Waals surface area contributed by atoms with Gasteiger partial charge in [0.15, 0.2) is 17.4 Å². The summed E-state index contributed by atoms with van der Waals surface area (Å²) in [5.74, 6) is 2.40. The van der Waals surface area contributed by atoms with Crippen LogP contribution >= 0.6 is 12.4 Å². The molecule has 2 aliphatic heterocycles. The van der Waals surface area contributed by atoms with Crippen LogP contribution in [-0.2, 0) is 6.54 Å². The number of hydrogen-bond acceptors (Lipinski definition) is 8. The lowest BCUT2D eigenvalue weighted by atomic mass is 10.0. The maximum Gasteiger partial charge on any atom is 0.165 e. The van der Waals surface area contributed by atoms with Crippen molar-refractivity contribution in [3.05, 3.63) is 72.0 Å². The number of aromatic nitrogens is 2. The van der Waals surface area contributed by atoms with Gasteiger partial charge >= 0.3 is 0 Å². The first-order chi connectivity index (χ1) is 21.6. The van der Waals surface area contributed by atoms with Gasteiger partial charge in [-0.15, -0.1) is 22.6 Å². The first kappa shape index (κ1) is 32.7. The quantitative estimate of drug-likeness (QED) is 0.170. The highest BCUT2D eigenvalue weighted by Gasteiger charge is 2.22. The molecule has 240 valence electrons. The van der Waals surface area contributed by atoms with Crippen molar-refractivity contribution >= 4 is 29.0 Å². The Bertz CT molecular complexity index is 1540. The molecule has 0 unspecified atom stereocenters. The predicted octanol–water partition coefficient (Wildman–Crippen LogP) is 6.82. The summed E-state index contributed by atoms with van der Waals surface area (Å²) < 4.78 is 31.4. The summed E-state index contributed by atoms with van der Waals surface area (Å²) in [5.41, 5.74) is 2.76. The number of fused-ring (bicyclic) bond motifs is 1. The third-order valence-corrected chi connectivity index (χ3v) is 8.76. The first-order valence-electron chi connectivity index (χ1n) is 15.7. The minimum Gasteiger partial charge on any atom is -0.497 e. The summed E-state index contributed by atoms with van der Waals surface area (Å²) in [7, 11) is 3.33. The van der Waals surface area contributed by atoms with E-state index in [1.165, 1.54) is 25.9 Å². The average molecular weight is 636 g/mol. The Morgan fingerprint density at radius 1 is 0.822 bits per heavy atom. The largest absolute Gasteiger partial charge is 0.497 e. The highest BCUT2D eigenvalue weighted by molar-refractivity contribution is 6.00. The third-order valence-electron chi connectivity index (χ3n) is 8.76. The Balaban J connectivity index is 0.00000400. The normalized spacial score (nSPS) is 16.0. The summed E-state index contributed by atoms with van der Waals surface area (Å²) in [4.78, 5) is 4.83. The van der Waals surface area contributed by atoms with Crippen LogP contribution in [0, 0.1) is 5.82 Å². The summed E-state index contributed by atoms with van der Waals surface area (Å²) in [5, 5.41) is 14.9. The zero-order valence-corrected chi connectivity index (χ0v) is 27.0. The Morgan fingerprint density at radius 2 is 1.56 bits per heavy atom. The number of methoxy groups -OCH3 is 2. The van der Waals surface area contributed by atoms with Crippen LogP contribution in [0.2, 0.25) is 0 Å². The highest BCUT2D eigenvalue weighted by atomic mass is 35.5. The standard InChI is InChI=1S/C35H42FN5O3.ClH/c1-42-28-9-7-26(8-10-28)34-30-12-11-29(43-2)23-31(30)35(39-38-34)37-27-14-19-41(20-15-27)24-25-6-13-33(32(36)22-25)44-21-5-18-40-16-3-4-17-40;/h6-13,22-23,27H,3-5,14-21,24H2,1-2H3,(H,37,39);1H. The molecule has 4 aromatic rings. The van der Waals surface area contributed by atoms with Crippen molar-refractivity contribution in [3.63, 3.8) is 0 Å². The van der Waals surface area contributed by atoms with Crippen molar-refractivity contribution in [2.24, 2.45) is 0 Å². The molecule has 45 heavy (non-hydrogen) atoms. The van der Waals surface area contributed by atoms with Crippen LogP contribution in [0.1, 0.15) is 37.7 Å². The van der Waals surface area contributed by atoms with E-state index in [-0.39, 0.29) is 24.3 Å². The van der Waals surface area contributed by atoms with E-state index in [4.69, 9.17) is 14.2 Å². The molecule has 0 amide bonds. The minimum absolute atomic E-state index is 0. The fourth-order valence-electron chi connectivity index (χ4n) is 6.25. The van der Waals surface area contributed by atoms with Crippen molar-refractivity contribution in [1.82, 2.24) is 20.0 Å². The summed E-state index contributed by atoms with van der Waals surface area (Å²) >= 11 is 0. The van der Waals surface area contributed by atoms with Crippen LogP contribution in [0.3, 0.4) is 0 Å². The minimum atomic E-state index is -0.279. The van der Waals surface area contributed by atoms with Crippen molar-refractivity contribution < 1.29 is 18.6 Å². The first-order valence-corrected chi connectivity index (χ1v) is 15.7. The molecule has 2 saturated heterocycles. The van der Waals surface area contributed by atoms with Crippen LogP contribution in [0.4, 0.5) is 10.2 Å². The number of piperidine rings is 1. The number of likely N-dealkylation sites (tertiary alicyclic amines) is 2. The molecular formula is C35H43ClFN5O3. The molecule has 1 N–H and O–H groups in total. The fourth-order valence-corrected chi connectivity index (χ4v) is 6.25. The van der Waals surface area contributed by atoms with Gasteiger partial charge in [-0.25, -0.2) is 4.39 Å². The van der Waals surface area contributed by atoms with Gasteiger partial charge < -0.3 is 24.4 Å². The molecule has 10 heteroatoms. The molecule has 2 fully saturated rings. The SMILES string of the molecule is COc1ccc(-c2nnc(NC3CCN(Cc4ccc(OCCCN5CCCC5)c(F)c4)CC3)c3cc(OC)ccc23)cc1.Cl. The smallest absolute Gasteiger partial charge is 0.165 e. The van der Waals surface area contributed by atoms with E-state index in [9.17, 15) is 4.39 Å². The maximum absolute atomic E-state index is 14.8. The molecule has 0 radical (unpaired) electrons. The van der Waals surface area contributed by atoms with Crippen LogP contribution < -0.4 is 19.5 Å². The molecule has 0 saturated carbocycles. The van der Waals surface area contributed by atoms with E-state index in [0.717, 1.165) is 90.4 Å². The third kappa shape index (κ3) is 8.14. The van der Waals surface area contributed by atoms with Gasteiger partial charge in [0.25, 0.3) is 0 Å². The van der Waals surface area contributed by atoms with Gasteiger partial charge in [0.2, 0.25) is 0 Å². The Labute approximate surface area is 271 Å². The molecule has 0 aliphatic carbocycles. The topological polar surface area (TPSA) is 72.0 Å². The maximum atomic E-state index is 14.8. The number of rotatable bonds is 12. The average Bonchev–Trinajstić information content (AvgIpc) is 3.58. The van der Waals surface area contributed by atoms with Gasteiger partial charge in [0.05, 0.1) is 20.8 Å². The van der Waals surface area contributed by atoms with Crippen molar-refractivity contribution in [1.29, 1.82) is 0 Å². The van der Waals surface area contributed by atoms with Gasteiger partial charge in [-0.3, -0.25) is 4.90 Å². The second-order valence-corrected chi connectivity index (χ2v) is 11.7. The molecule has 3 heterocycles. The zero-order valence-electron chi connectivity index (χ0n) is 26.1. The number of halogens is 2. The van der Waals surface area contributed by atoms with E-state index in [1.54, 1.807) is 26.4 Å². The molecule has 0 spiro atoms. The predicted molar refractivity (Wildman–Crippen MR) is 179 cm³/mol. The number of nitrogens with one attached hydrogen (secondary N) is 1. The number of nitrogens with zero attached hydrogens (tertiary/aromatic N) is 4. The monoisotopic (exact) mass is 635 g/mol. The van der Waals surface area contributed by atoms with Crippen LogP contribution in [0.25, 0.3) is 22.0 Å². The van der Waals surface area contributed by atoms with E-state index >= 15 is 0 Å². The van der Waals surface area contributed by atoms with E-state index in [1.807, 2.05) is 48.5 Å². The Morgan fingerprint density at radius 3 is 2.27 bits per heavy atom. The zero-order chi connectivity index (χ0) is 30.3. The van der Waals surface area contributed by atoms with E-state index in [0.29, 0.717) is 12.4 Å². The van der Waals surface area contributed by atoms with E-state index < -0.39 is 0 Å². The summed E-state index contributed by atoms with van der Waals surface area (Å²) in [6, 6.07) is 19.5. The molecule has 0 atom stereocenters. The van der Waals surface area contributed by atoms with Crippen LogP contribution in [-0.4, -0.2) is 79.6 Å². The number of anilines is 1. The summed E-state index contributed by atoms with van der Waals surface area (Å²) in [6.07, 6.45) is 5.40. The molecule has 6 rings (SSSR count). The summed E-state index contributed by atoms with van der Waals surface area (Å²) in [6.45, 7) is 6.46. The van der Waals surface area contributed by atoms with Crippen molar-refractivity contribution in [2.75, 3.05) is 58.9 Å². The van der Waals surface area contributed by atoms with Gasteiger partial charge in [0.1, 0.15) is 17.2 Å².